The van der Waals surface area contributed by atoms with Crippen LogP contribution in [0.4, 0.5) is 0 Å². The van der Waals surface area contributed by atoms with Crippen LogP contribution >= 0.6 is 0 Å². The molecule has 0 heterocycles. The SMILES string of the molecule is COCC(C)OCC(O)CNCCC(=O)NC(C)(C)C. The largest absolute Gasteiger partial charge is 0.389 e. The Kier molecular flexibility index (Phi) is 9.75. The summed E-state index contributed by atoms with van der Waals surface area (Å²) in [6.07, 6.45) is -0.225. The smallest absolute Gasteiger partial charge is 0.221 e. The van der Waals surface area contributed by atoms with E-state index in [-0.39, 0.29) is 24.2 Å². The van der Waals surface area contributed by atoms with E-state index in [0.29, 0.717) is 26.1 Å². The lowest BCUT2D eigenvalue weighted by Gasteiger charge is -2.20. The number of aliphatic hydroxyl groups is 1. The van der Waals surface area contributed by atoms with E-state index in [9.17, 15) is 9.90 Å². The zero-order valence-corrected chi connectivity index (χ0v) is 13.4. The molecule has 0 spiro atoms. The van der Waals surface area contributed by atoms with Gasteiger partial charge in [0, 0.05) is 32.2 Å². The molecule has 2 unspecified atom stereocenters. The Morgan fingerprint density at radius 3 is 2.50 bits per heavy atom. The summed E-state index contributed by atoms with van der Waals surface area (Å²) in [5, 5.41) is 15.6. The van der Waals surface area contributed by atoms with Crippen LogP contribution in [0.25, 0.3) is 0 Å². The Balaban J connectivity index is 3.57. The van der Waals surface area contributed by atoms with Gasteiger partial charge in [-0.2, -0.15) is 0 Å². The summed E-state index contributed by atoms with van der Waals surface area (Å²) < 4.78 is 10.3. The molecule has 0 aromatic heterocycles. The fourth-order valence-electron chi connectivity index (χ4n) is 1.57. The minimum absolute atomic E-state index is 0.00413. The van der Waals surface area contributed by atoms with Crippen molar-refractivity contribution >= 4 is 5.91 Å². The van der Waals surface area contributed by atoms with Crippen molar-refractivity contribution in [1.82, 2.24) is 10.6 Å². The molecule has 0 aromatic carbocycles. The second-order valence-corrected chi connectivity index (χ2v) is 6.01. The van der Waals surface area contributed by atoms with Crippen molar-refractivity contribution in [2.45, 2.75) is 51.9 Å². The highest BCUT2D eigenvalue weighted by atomic mass is 16.5. The highest BCUT2D eigenvalue weighted by molar-refractivity contribution is 5.76. The second-order valence-electron chi connectivity index (χ2n) is 6.01. The first-order valence-electron chi connectivity index (χ1n) is 7.05. The molecular formula is C14H30N2O4. The van der Waals surface area contributed by atoms with Crippen molar-refractivity contribution in [3.8, 4) is 0 Å². The lowest BCUT2D eigenvalue weighted by Crippen LogP contribution is -2.42. The van der Waals surface area contributed by atoms with Crippen molar-refractivity contribution in [3.63, 3.8) is 0 Å². The van der Waals surface area contributed by atoms with E-state index >= 15 is 0 Å². The van der Waals surface area contributed by atoms with Crippen LogP contribution in [0.1, 0.15) is 34.1 Å². The number of carbonyl (C=O) groups excluding carboxylic acids is 1. The van der Waals surface area contributed by atoms with Crippen LogP contribution in [-0.4, -0.2) is 62.2 Å². The summed E-state index contributed by atoms with van der Waals surface area (Å²) >= 11 is 0. The summed E-state index contributed by atoms with van der Waals surface area (Å²) in [7, 11) is 1.61. The molecule has 0 aliphatic rings. The van der Waals surface area contributed by atoms with Crippen LogP contribution in [-0.2, 0) is 14.3 Å². The zero-order chi connectivity index (χ0) is 15.6. The number of carbonyl (C=O) groups is 1. The Labute approximate surface area is 122 Å². The van der Waals surface area contributed by atoms with Gasteiger partial charge in [0.1, 0.15) is 0 Å². The monoisotopic (exact) mass is 290 g/mol. The normalized spacial score (nSPS) is 14.9. The third kappa shape index (κ3) is 12.3. The summed E-state index contributed by atoms with van der Waals surface area (Å²) in [6.45, 7) is 9.43. The van der Waals surface area contributed by atoms with E-state index in [4.69, 9.17) is 9.47 Å². The molecule has 0 aromatic rings. The highest BCUT2D eigenvalue weighted by Gasteiger charge is 2.13. The fourth-order valence-corrected chi connectivity index (χ4v) is 1.57. The average molecular weight is 290 g/mol. The van der Waals surface area contributed by atoms with E-state index in [0.717, 1.165) is 0 Å². The molecule has 6 heteroatoms. The first-order valence-corrected chi connectivity index (χ1v) is 7.05. The van der Waals surface area contributed by atoms with Gasteiger partial charge in [-0.3, -0.25) is 4.79 Å². The molecule has 0 saturated heterocycles. The molecule has 20 heavy (non-hydrogen) atoms. The van der Waals surface area contributed by atoms with Gasteiger partial charge < -0.3 is 25.2 Å². The van der Waals surface area contributed by atoms with Crippen molar-refractivity contribution in [3.05, 3.63) is 0 Å². The van der Waals surface area contributed by atoms with Gasteiger partial charge in [0.15, 0.2) is 0 Å². The van der Waals surface area contributed by atoms with Gasteiger partial charge in [0.05, 0.1) is 25.4 Å². The summed E-state index contributed by atoms with van der Waals surface area (Å²) in [5.74, 6) is 0.00413. The second kappa shape index (κ2) is 10.1. The fraction of sp³-hybridized carbons (Fsp3) is 0.929. The predicted octanol–water partition coefficient (Wildman–Crippen LogP) is 0.293. The Morgan fingerprint density at radius 2 is 1.95 bits per heavy atom. The van der Waals surface area contributed by atoms with Crippen molar-refractivity contribution in [1.29, 1.82) is 0 Å². The van der Waals surface area contributed by atoms with Crippen LogP contribution in [0, 0.1) is 0 Å². The van der Waals surface area contributed by atoms with Crippen molar-refractivity contribution in [2.24, 2.45) is 0 Å². The standard InChI is InChI=1S/C14H30N2O4/c1-11(9-19-5)20-10-12(17)8-15-7-6-13(18)16-14(2,3)4/h11-12,15,17H,6-10H2,1-5H3,(H,16,18). The van der Waals surface area contributed by atoms with Gasteiger partial charge in [-0.05, 0) is 27.7 Å². The number of ether oxygens (including phenoxy) is 2. The third-order valence-corrected chi connectivity index (χ3v) is 2.40. The maximum Gasteiger partial charge on any atom is 0.221 e. The number of nitrogens with one attached hydrogen (secondary N) is 2. The molecule has 6 nitrogen and oxygen atoms in total. The number of methoxy groups -OCH3 is 1. The van der Waals surface area contributed by atoms with Gasteiger partial charge in [-0.25, -0.2) is 0 Å². The minimum Gasteiger partial charge on any atom is -0.389 e. The lowest BCUT2D eigenvalue weighted by atomic mass is 10.1. The van der Waals surface area contributed by atoms with E-state index in [2.05, 4.69) is 10.6 Å². The van der Waals surface area contributed by atoms with E-state index in [1.54, 1.807) is 7.11 Å². The van der Waals surface area contributed by atoms with Gasteiger partial charge in [0.25, 0.3) is 0 Å². The maximum atomic E-state index is 11.5. The van der Waals surface area contributed by atoms with Gasteiger partial charge in [-0.1, -0.05) is 0 Å². The first kappa shape index (κ1) is 19.3. The molecule has 0 rings (SSSR count). The number of aliphatic hydroxyl groups excluding tert-OH is 1. The zero-order valence-electron chi connectivity index (χ0n) is 13.4. The molecular weight excluding hydrogens is 260 g/mol. The Hall–Kier alpha value is -0.690. The van der Waals surface area contributed by atoms with Crippen LogP contribution < -0.4 is 10.6 Å². The lowest BCUT2D eigenvalue weighted by molar-refractivity contribution is -0.122. The average Bonchev–Trinajstić information content (AvgIpc) is 2.30. The molecule has 0 bridgehead atoms. The van der Waals surface area contributed by atoms with Gasteiger partial charge in [-0.15, -0.1) is 0 Å². The van der Waals surface area contributed by atoms with Crippen molar-refractivity contribution < 1.29 is 19.4 Å². The molecule has 120 valence electrons. The topological polar surface area (TPSA) is 79.8 Å². The molecule has 1 amide bonds. The van der Waals surface area contributed by atoms with Crippen LogP contribution in [0.5, 0.6) is 0 Å². The number of rotatable bonds is 10. The first-order chi connectivity index (χ1) is 9.24. The summed E-state index contributed by atoms with van der Waals surface area (Å²) in [5.41, 5.74) is -0.206. The minimum atomic E-state index is -0.583. The quantitative estimate of drug-likeness (QED) is 0.504. The van der Waals surface area contributed by atoms with E-state index in [1.807, 2.05) is 27.7 Å². The molecule has 0 fully saturated rings. The van der Waals surface area contributed by atoms with Crippen LogP contribution in [0.15, 0.2) is 0 Å². The molecule has 0 aliphatic heterocycles. The van der Waals surface area contributed by atoms with Gasteiger partial charge in [0.2, 0.25) is 5.91 Å². The van der Waals surface area contributed by atoms with E-state index < -0.39 is 6.10 Å². The van der Waals surface area contributed by atoms with Crippen LogP contribution in [0.3, 0.4) is 0 Å². The summed E-state index contributed by atoms with van der Waals surface area (Å²) in [6, 6.07) is 0. The maximum absolute atomic E-state index is 11.5. The highest BCUT2D eigenvalue weighted by Crippen LogP contribution is 1.98. The molecule has 0 aliphatic carbocycles. The Bertz CT molecular complexity index is 266. The molecule has 0 radical (unpaired) electrons. The molecule has 2 atom stereocenters. The number of hydrogen-bond acceptors (Lipinski definition) is 5. The predicted molar refractivity (Wildman–Crippen MR) is 78.7 cm³/mol. The summed E-state index contributed by atoms with van der Waals surface area (Å²) in [4.78, 5) is 11.5. The van der Waals surface area contributed by atoms with Crippen molar-refractivity contribution in [2.75, 3.05) is 33.4 Å². The Morgan fingerprint density at radius 1 is 1.30 bits per heavy atom. The number of hydrogen-bond donors (Lipinski definition) is 3. The van der Waals surface area contributed by atoms with Crippen LogP contribution in [0.2, 0.25) is 0 Å². The molecule has 0 saturated carbocycles. The van der Waals surface area contributed by atoms with E-state index in [1.165, 1.54) is 0 Å². The molecule has 3 N–H and O–H groups in total. The van der Waals surface area contributed by atoms with Gasteiger partial charge >= 0.3 is 0 Å². The third-order valence-electron chi connectivity index (χ3n) is 2.40. The number of amides is 1.